The zero-order valence-electron chi connectivity index (χ0n) is 12.9. The molecule has 1 amide bonds. The number of benzene rings is 1. The lowest BCUT2D eigenvalue weighted by Crippen LogP contribution is -2.35. The van der Waals surface area contributed by atoms with Crippen molar-refractivity contribution >= 4 is 22.6 Å². The highest BCUT2D eigenvalue weighted by Gasteiger charge is 2.22. The third-order valence-corrected chi connectivity index (χ3v) is 4.15. The number of carbonyl (C=O) groups excluding carboxylic acids is 2. The van der Waals surface area contributed by atoms with Crippen molar-refractivity contribution in [3.63, 3.8) is 0 Å². The largest absolute Gasteiger partial charge is 0.465 e. The number of piperidine rings is 1. The maximum absolute atomic E-state index is 12.8. The van der Waals surface area contributed by atoms with Crippen molar-refractivity contribution in [1.82, 2.24) is 9.88 Å². The highest BCUT2D eigenvalue weighted by molar-refractivity contribution is 6.09. The van der Waals surface area contributed by atoms with Crippen LogP contribution in [0.15, 0.2) is 29.2 Å². The van der Waals surface area contributed by atoms with Crippen LogP contribution in [0.2, 0.25) is 0 Å². The van der Waals surface area contributed by atoms with Crippen LogP contribution >= 0.6 is 0 Å². The number of fused-ring (bicyclic) bond motifs is 1. The van der Waals surface area contributed by atoms with Gasteiger partial charge in [0, 0.05) is 36.3 Å². The molecule has 1 aromatic carbocycles. The summed E-state index contributed by atoms with van der Waals surface area (Å²) in [6, 6.07) is 4.53. The third kappa shape index (κ3) is 2.97. The molecule has 0 radical (unpaired) electrons. The summed E-state index contributed by atoms with van der Waals surface area (Å²) in [5.74, 6) is -0.656. The molecule has 1 saturated heterocycles. The van der Waals surface area contributed by atoms with Gasteiger partial charge in [-0.15, -0.1) is 0 Å². The number of H-pyrrole nitrogens is 1. The summed E-state index contributed by atoms with van der Waals surface area (Å²) in [5.41, 5.74) is 0.388. The topological polar surface area (TPSA) is 79.5 Å². The Morgan fingerprint density at radius 3 is 2.57 bits per heavy atom. The molecule has 0 unspecified atom stereocenters. The summed E-state index contributed by atoms with van der Waals surface area (Å²) in [6.45, 7) is 1.40. The summed E-state index contributed by atoms with van der Waals surface area (Å²) < 4.78 is 4.75. The summed E-state index contributed by atoms with van der Waals surface area (Å²) in [4.78, 5) is 40.7. The van der Waals surface area contributed by atoms with Crippen molar-refractivity contribution in [2.24, 2.45) is 0 Å². The second kappa shape index (κ2) is 6.24. The van der Waals surface area contributed by atoms with Gasteiger partial charge in [-0.05, 0) is 36.8 Å². The molecule has 1 aromatic heterocycles. The quantitative estimate of drug-likeness (QED) is 0.859. The van der Waals surface area contributed by atoms with Crippen LogP contribution in [0.5, 0.6) is 0 Å². The Hall–Kier alpha value is -2.63. The van der Waals surface area contributed by atoms with Crippen LogP contribution in [0.4, 0.5) is 0 Å². The van der Waals surface area contributed by atoms with E-state index in [1.165, 1.54) is 25.4 Å². The van der Waals surface area contributed by atoms with Gasteiger partial charge in [0.2, 0.25) is 5.56 Å². The first kappa shape index (κ1) is 15.3. The number of carbonyl (C=O) groups is 2. The summed E-state index contributed by atoms with van der Waals surface area (Å²) in [5, 5.41) is 1.19. The predicted molar refractivity (Wildman–Crippen MR) is 85.7 cm³/mol. The van der Waals surface area contributed by atoms with E-state index in [0.717, 1.165) is 19.3 Å². The number of ether oxygens (including phenoxy) is 1. The fraction of sp³-hybridized carbons (Fsp3) is 0.353. The number of aromatic amines is 1. The molecule has 0 saturated carbocycles. The number of hydrogen-bond acceptors (Lipinski definition) is 4. The van der Waals surface area contributed by atoms with Gasteiger partial charge in [0.25, 0.3) is 5.91 Å². The van der Waals surface area contributed by atoms with Gasteiger partial charge in [0.1, 0.15) is 0 Å². The number of methoxy groups -OCH3 is 1. The smallest absolute Gasteiger partial charge is 0.337 e. The zero-order valence-corrected chi connectivity index (χ0v) is 12.9. The molecule has 0 spiro atoms. The summed E-state index contributed by atoms with van der Waals surface area (Å²) >= 11 is 0. The van der Waals surface area contributed by atoms with E-state index in [1.807, 2.05) is 0 Å². The van der Waals surface area contributed by atoms with Gasteiger partial charge in [-0.25, -0.2) is 4.79 Å². The molecule has 2 aromatic rings. The average molecular weight is 314 g/mol. The Labute approximate surface area is 133 Å². The minimum atomic E-state index is -0.509. The molecule has 6 nitrogen and oxygen atoms in total. The van der Waals surface area contributed by atoms with Gasteiger partial charge in [-0.2, -0.15) is 0 Å². The number of pyridine rings is 1. The molecule has 2 heterocycles. The van der Waals surface area contributed by atoms with Crippen LogP contribution in [0, 0.1) is 0 Å². The van der Waals surface area contributed by atoms with Crippen molar-refractivity contribution in [3.05, 3.63) is 45.9 Å². The molecule has 1 aliphatic heterocycles. The van der Waals surface area contributed by atoms with Gasteiger partial charge in [-0.1, -0.05) is 0 Å². The minimum Gasteiger partial charge on any atom is -0.465 e. The van der Waals surface area contributed by atoms with Crippen LogP contribution in [0.25, 0.3) is 10.8 Å². The van der Waals surface area contributed by atoms with E-state index in [2.05, 4.69) is 4.98 Å². The lowest BCUT2D eigenvalue weighted by Gasteiger charge is -2.27. The lowest BCUT2D eigenvalue weighted by atomic mass is 10.0. The van der Waals surface area contributed by atoms with E-state index in [9.17, 15) is 14.4 Å². The molecule has 3 rings (SSSR count). The van der Waals surface area contributed by atoms with Crippen molar-refractivity contribution in [1.29, 1.82) is 0 Å². The Kier molecular flexibility index (Phi) is 4.14. The fourth-order valence-corrected chi connectivity index (χ4v) is 2.96. The van der Waals surface area contributed by atoms with Crippen LogP contribution in [0.3, 0.4) is 0 Å². The van der Waals surface area contributed by atoms with Crippen LogP contribution in [-0.4, -0.2) is 42.0 Å². The maximum Gasteiger partial charge on any atom is 0.337 e. The van der Waals surface area contributed by atoms with E-state index in [4.69, 9.17) is 4.74 Å². The number of nitrogens with zero attached hydrogens (tertiary/aromatic N) is 1. The first-order chi connectivity index (χ1) is 11.1. The fourth-order valence-electron chi connectivity index (χ4n) is 2.96. The SMILES string of the molecule is COC(=O)c1cc(C(=O)N2CCCCC2)c2cc(=O)[nH]cc2c1. The lowest BCUT2D eigenvalue weighted by molar-refractivity contribution is 0.0601. The third-order valence-electron chi connectivity index (χ3n) is 4.15. The first-order valence-corrected chi connectivity index (χ1v) is 7.64. The normalized spacial score (nSPS) is 14.7. The highest BCUT2D eigenvalue weighted by atomic mass is 16.5. The average Bonchev–Trinajstić information content (AvgIpc) is 2.60. The molecule has 23 heavy (non-hydrogen) atoms. The summed E-state index contributed by atoms with van der Waals surface area (Å²) in [6.07, 6.45) is 4.57. The van der Waals surface area contributed by atoms with Crippen molar-refractivity contribution < 1.29 is 14.3 Å². The molecule has 0 aliphatic carbocycles. The minimum absolute atomic E-state index is 0.147. The predicted octanol–water partition coefficient (Wildman–Crippen LogP) is 1.94. The first-order valence-electron chi connectivity index (χ1n) is 7.64. The van der Waals surface area contributed by atoms with Gasteiger partial charge in [-0.3, -0.25) is 9.59 Å². The molecule has 1 fully saturated rings. The molecule has 6 heteroatoms. The highest BCUT2D eigenvalue weighted by Crippen LogP contribution is 2.23. The molecule has 1 aliphatic rings. The second-order valence-corrected chi connectivity index (χ2v) is 5.67. The van der Waals surface area contributed by atoms with E-state index in [-0.39, 0.29) is 11.5 Å². The van der Waals surface area contributed by atoms with E-state index in [1.54, 1.807) is 11.0 Å². The Bertz CT molecular complexity index is 819. The molecule has 1 N–H and O–H groups in total. The van der Waals surface area contributed by atoms with E-state index in [0.29, 0.717) is 35.0 Å². The maximum atomic E-state index is 12.8. The second-order valence-electron chi connectivity index (χ2n) is 5.67. The number of amides is 1. The van der Waals surface area contributed by atoms with Crippen LogP contribution in [-0.2, 0) is 4.74 Å². The van der Waals surface area contributed by atoms with Crippen molar-refractivity contribution in [2.75, 3.05) is 20.2 Å². The van der Waals surface area contributed by atoms with Crippen molar-refractivity contribution in [2.45, 2.75) is 19.3 Å². The van der Waals surface area contributed by atoms with Gasteiger partial charge >= 0.3 is 5.97 Å². The van der Waals surface area contributed by atoms with Gasteiger partial charge in [0.05, 0.1) is 12.7 Å². The standard InChI is InChI=1S/C17H18N2O4/c1-23-17(22)11-7-12-10-18-15(20)9-13(12)14(8-11)16(21)19-5-3-2-4-6-19/h7-10H,2-6H2,1H3,(H,18,20). The number of rotatable bonds is 2. The Morgan fingerprint density at radius 2 is 1.87 bits per heavy atom. The van der Waals surface area contributed by atoms with Crippen LogP contribution < -0.4 is 5.56 Å². The number of esters is 1. The Balaban J connectivity index is 2.15. The van der Waals surface area contributed by atoms with E-state index < -0.39 is 5.97 Å². The van der Waals surface area contributed by atoms with Gasteiger partial charge < -0.3 is 14.6 Å². The monoisotopic (exact) mass is 314 g/mol. The number of likely N-dealkylation sites (tertiary alicyclic amines) is 1. The molecule has 0 atom stereocenters. The number of hydrogen-bond donors (Lipinski definition) is 1. The molecular formula is C17H18N2O4. The summed E-state index contributed by atoms with van der Waals surface area (Å²) in [7, 11) is 1.30. The number of aromatic nitrogens is 1. The molecule has 120 valence electrons. The number of nitrogens with one attached hydrogen (secondary N) is 1. The van der Waals surface area contributed by atoms with Gasteiger partial charge in [0.15, 0.2) is 0 Å². The Morgan fingerprint density at radius 1 is 1.13 bits per heavy atom. The molecule has 0 bridgehead atoms. The molecular weight excluding hydrogens is 296 g/mol. The van der Waals surface area contributed by atoms with E-state index >= 15 is 0 Å². The van der Waals surface area contributed by atoms with Crippen molar-refractivity contribution in [3.8, 4) is 0 Å². The zero-order chi connectivity index (χ0) is 16.4. The van der Waals surface area contributed by atoms with Crippen LogP contribution in [0.1, 0.15) is 40.0 Å².